The molecule has 1 aliphatic heterocycles. The molecule has 0 bridgehead atoms. The Kier molecular flexibility index (Phi) is 8.42. The SMILES string of the molecule is CC(C(=O)NC1CC1)N1CCN(C(=O)CN)CC1.Cl.Cl. The van der Waals surface area contributed by atoms with Crippen LogP contribution in [0.2, 0.25) is 0 Å². The van der Waals surface area contributed by atoms with Crippen LogP contribution in [0.3, 0.4) is 0 Å². The van der Waals surface area contributed by atoms with Crippen LogP contribution < -0.4 is 11.1 Å². The van der Waals surface area contributed by atoms with Gasteiger partial charge in [-0.2, -0.15) is 0 Å². The standard InChI is InChI=1S/C12H22N4O2.2ClH/c1-9(12(18)14-10-2-3-10)15-4-6-16(7-5-15)11(17)8-13;;/h9-10H,2-8,13H2,1H3,(H,14,18);2*1H. The maximum Gasteiger partial charge on any atom is 0.237 e. The molecule has 1 saturated heterocycles. The minimum atomic E-state index is -0.110. The molecule has 1 saturated carbocycles. The largest absolute Gasteiger partial charge is 0.352 e. The second-order valence-corrected chi connectivity index (χ2v) is 5.08. The maximum atomic E-state index is 11.9. The van der Waals surface area contributed by atoms with Crippen LogP contribution in [0.1, 0.15) is 19.8 Å². The van der Waals surface area contributed by atoms with Gasteiger partial charge in [0, 0.05) is 32.2 Å². The van der Waals surface area contributed by atoms with Crippen molar-refractivity contribution in [2.45, 2.75) is 31.8 Å². The van der Waals surface area contributed by atoms with E-state index >= 15 is 0 Å². The van der Waals surface area contributed by atoms with Crippen LogP contribution in [0.5, 0.6) is 0 Å². The van der Waals surface area contributed by atoms with Crippen molar-refractivity contribution in [3.8, 4) is 0 Å². The average molecular weight is 327 g/mol. The van der Waals surface area contributed by atoms with Crippen LogP contribution in [-0.4, -0.2) is 66.4 Å². The number of carbonyl (C=O) groups excluding carboxylic acids is 2. The molecule has 0 aromatic heterocycles. The lowest BCUT2D eigenvalue weighted by molar-refractivity contribution is -0.133. The summed E-state index contributed by atoms with van der Waals surface area (Å²) in [6, 6.07) is 0.292. The predicted octanol–water partition coefficient (Wildman–Crippen LogP) is -0.400. The van der Waals surface area contributed by atoms with Gasteiger partial charge in [-0.05, 0) is 19.8 Å². The molecule has 2 aliphatic rings. The highest BCUT2D eigenvalue weighted by Gasteiger charge is 2.30. The van der Waals surface area contributed by atoms with E-state index in [-0.39, 0.29) is 49.2 Å². The summed E-state index contributed by atoms with van der Waals surface area (Å²) in [6.07, 6.45) is 2.22. The van der Waals surface area contributed by atoms with Gasteiger partial charge >= 0.3 is 0 Å². The Balaban J connectivity index is 0.00000180. The van der Waals surface area contributed by atoms with Crippen molar-refractivity contribution in [1.82, 2.24) is 15.1 Å². The zero-order chi connectivity index (χ0) is 13.1. The molecule has 118 valence electrons. The summed E-state index contributed by atoms with van der Waals surface area (Å²) in [6.45, 7) is 4.81. The smallest absolute Gasteiger partial charge is 0.237 e. The lowest BCUT2D eigenvalue weighted by Crippen LogP contribution is -2.55. The van der Waals surface area contributed by atoms with Gasteiger partial charge in [0.25, 0.3) is 0 Å². The lowest BCUT2D eigenvalue weighted by Gasteiger charge is -2.37. The molecule has 20 heavy (non-hydrogen) atoms. The van der Waals surface area contributed by atoms with Crippen LogP contribution in [0.4, 0.5) is 0 Å². The number of halogens is 2. The molecule has 1 aliphatic carbocycles. The van der Waals surface area contributed by atoms with Gasteiger partial charge in [-0.3, -0.25) is 14.5 Å². The van der Waals surface area contributed by atoms with Crippen molar-refractivity contribution in [2.75, 3.05) is 32.7 Å². The Hall–Kier alpha value is -0.560. The number of nitrogens with two attached hydrogens (primary N) is 1. The van der Waals surface area contributed by atoms with Gasteiger partial charge < -0.3 is 16.0 Å². The molecule has 3 N–H and O–H groups in total. The molecular weight excluding hydrogens is 303 g/mol. The number of hydrogen-bond acceptors (Lipinski definition) is 4. The fourth-order valence-electron chi connectivity index (χ4n) is 2.20. The number of nitrogens with zero attached hydrogens (tertiary/aromatic N) is 2. The average Bonchev–Trinajstić information content (AvgIpc) is 3.21. The van der Waals surface area contributed by atoms with E-state index in [1.807, 2.05) is 6.92 Å². The molecule has 0 spiro atoms. The minimum absolute atomic E-state index is 0. The Labute approximate surface area is 132 Å². The van der Waals surface area contributed by atoms with Crippen molar-refractivity contribution in [1.29, 1.82) is 0 Å². The number of rotatable bonds is 4. The van der Waals surface area contributed by atoms with Crippen LogP contribution in [0.25, 0.3) is 0 Å². The van der Waals surface area contributed by atoms with Crippen LogP contribution in [0, 0.1) is 0 Å². The summed E-state index contributed by atoms with van der Waals surface area (Å²) in [5.74, 6) is 0.0980. The monoisotopic (exact) mass is 326 g/mol. The van der Waals surface area contributed by atoms with E-state index in [1.54, 1.807) is 4.90 Å². The summed E-state index contributed by atoms with van der Waals surface area (Å²) >= 11 is 0. The van der Waals surface area contributed by atoms with Gasteiger partial charge in [0.1, 0.15) is 0 Å². The van der Waals surface area contributed by atoms with Gasteiger partial charge in [-0.1, -0.05) is 0 Å². The summed E-state index contributed by atoms with van der Waals surface area (Å²) in [5, 5.41) is 3.01. The Morgan fingerprint density at radius 1 is 1.20 bits per heavy atom. The normalized spacial score (nSPS) is 20.4. The molecule has 0 aromatic carbocycles. The predicted molar refractivity (Wildman–Crippen MR) is 82.3 cm³/mol. The van der Waals surface area contributed by atoms with E-state index in [0.29, 0.717) is 19.1 Å². The minimum Gasteiger partial charge on any atom is -0.352 e. The lowest BCUT2D eigenvalue weighted by atomic mass is 10.2. The first-order valence-electron chi connectivity index (χ1n) is 6.64. The van der Waals surface area contributed by atoms with Crippen LogP contribution in [-0.2, 0) is 9.59 Å². The van der Waals surface area contributed by atoms with Gasteiger partial charge in [0.2, 0.25) is 11.8 Å². The van der Waals surface area contributed by atoms with E-state index in [2.05, 4.69) is 10.2 Å². The Bertz CT molecular complexity index is 331. The zero-order valence-corrected chi connectivity index (χ0v) is 13.3. The highest BCUT2D eigenvalue weighted by molar-refractivity contribution is 5.85. The summed E-state index contributed by atoms with van der Waals surface area (Å²) in [4.78, 5) is 27.2. The van der Waals surface area contributed by atoms with Crippen molar-refractivity contribution in [3.63, 3.8) is 0 Å². The first-order valence-corrected chi connectivity index (χ1v) is 6.64. The first kappa shape index (κ1) is 19.4. The van der Waals surface area contributed by atoms with Crippen LogP contribution >= 0.6 is 24.8 Å². The fraction of sp³-hybridized carbons (Fsp3) is 0.833. The highest BCUT2D eigenvalue weighted by atomic mass is 35.5. The molecule has 1 atom stereocenters. The fourth-order valence-corrected chi connectivity index (χ4v) is 2.20. The Morgan fingerprint density at radius 2 is 1.75 bits per heavy atom. The molecule has 2 amide bonds. The van der Waals surface area contributed by atoms with E-state index in [1.165, 1.54) is 0 Å². The van der Waals surface area contributed by atoms with E-state index in [0.717, 1.165) is 25.9 Å². The summed E-state index contributed by atoms with van der Waals surface area (Å²) < 4.78 is 0. The molecule has 0 radical (unpaired) electrons. The van der Waals surface area contributed by atoms with Crippen LogP contribution in [0.15, 0.2) is 0 Å². The molecule has 8 heteroatoms. The van der Waals surface area contributed by atoms with E-state index in [9.17, 15) is 9.59 Å². The third kappa shape index (κ3) is 5.09. The molecule has 1 heterocycles. The third-order valence-electron chi connectivity index (χ3n) is 3.69. The number of amides is 2. The second-order valence-electron chi connectivity index (χ2n) is 5.08. The topological polar surface area (TPSA) is 78.7 Å². The highest BCUT2D eigenvalue weighted by Crippen LogP contribution is 2.19. The van der Waals surface area contributed by atoms with Gasteiger partial charge in [0.15, 0.2) is 0 Å². The molecule has 2 fully saturated rings. The van der Waals surface area contributed by atoms with Gasteiger partial charge in [-0.25, -0.2) is 0 Å². The van der Waals surface area contributed by atoms with Gasteiger partial charge in [0.05, 0.1) is 12.6 Å². The number of carbonyl (C=O) groups is 2. The molecule has 0 aromatic rings. The molecular formula is C12H24Cl2N4O2. The van der Waals surface area contributed by atoms with E-state index < -0.39 is 0 Å². The van der Waals surface area contributed by atoms with Gasteiger partial charge in [-0.15, -0.1) is 24.8 Å². The van der Waals surface area contributed by atoms with Crippen molar-refractivity contribution in [2.24, 2.45) is 5.73 Å². The first-order chi connectivity index (χ1) is 8.61. The molecule has 2 rings (SSSR count). The number of nitrogens with one attached hydrogen (secondary N) is 1. The van der Waals surface area contributed by atoms with E-state index in [4.69, 9.17) is 5.73 Å². The molecule has 1 unspecified atom stereocenters. The summed E-state index contributed by atoms with van der Waals surface area (Å²) in [5.41, 5.74) is 5.34. The number of hydrogen-bond donors (Lipinski definition) is 2. The van der Waals surface area contributed by atoms with Crippen molar-refractivity contribution >= 4 is 36.6 Å². The second kappa shape index (κ2) is 8.67. The zero-order valence-electron chi connectivity index (χ0n) is 11.7. The molecule has 6 nitrogen and oxygen atoms in total. The summed E-state index contributed by atoms with van der Waals surface area (Å²) in [7, 11) is 0. The van der Waals surface area contributed by atoms with Crippen molar-refractivity contribution in [3.05, 3.63) is 0 Å². The quantitative estimate of drug-likeness (QED) is 0.736. The maximum absolute atomic E-state index is 11.9. The van der Waals surface area contributed by atoms with Crippen molar-refractivity contribution < 1.29 is 9.59 Å². The Morgan fingerprint density at radius 3 is 2.20 bits per heavy atom. The third-order valence-corrected chi connectivity index (χ3v) is 3.69. The number of piperazine rings is 1.